The standard InChI is InChI=1S/C22H21ClN2O3S/c1-14-11-15(2)21(16(3)12-14)24-22(26)19-13-17(9-10-20(19)23)25-29(27,28)18-7-5-4-6-8-18/h4-13,25H,1-3H3,(H,24,26). The Kier molecular flexibility index (Phi) is 5.96. The van der Waals surface area contributed by atoms with Crippen molar-refractivity contribution in [3.63, 3.8) is 0 Å². The molecular weight excluding hydrogens is 408 g/mol. The summed E-state index contributed by atoms with van der Waals surface area (Å²) in [5, 5.41) is 3.11. The van der Waals surface area contributed by atoms with Crippen molar-refractivity contribution in [3.8, 4) is 0 Å². The number of halogens is 1. The van der Waals surface area contributed by atoms with Gasteiger partial charge in [-0.1, -0.05) is 47.5 Å². The van der Waals surface area contributed by atoms with Gasteiger partial charge in [-0.15, -0.1) is 0 Å². The minimum Gasteiger partial charge on any atom is -0.321 e. The number of carbonyl (C=O) groups is 1. The predicted octanol–water partition coefficient (Wildman–Crippen LogP) is 5.32. The van der Waals surface area contributed by atoms with E-state index in [1.807, 2.05) is 32.9 Å². The number of carbonyl (C=O) groups excluding carboxylic acids is 1. The van der Waals surface area contributed by atoms with Gasteiger partial charge in [0.25, 0.3) is 15.9 Å². The van der Waals surface area contributed by atoms with Gasteiger partial charge < -0.3 is 5.32 Å². The molecule has 0 aliphatic rings. The highest BCUT2D eigenvalue weighted by atomic mass is 35.5. The number of hydrogen-bond acceptors (Lipinski definition) is 3. The fraction of sp³-hybridized carbons (Fsp3) is 0.136. The molecule has 0 atom stereocenters. The Morgan fingerprint density at radius 2 is 1.52 bits per heavy atom. The molecule has 0 bridgehead atoms. The van der Waals surface area contributed by atoms with Crippen LogP contribution in [0.1, 0.15) is 27.0 Å². The van der Waals surface area contributed by atoms with Gasteiger partial charge in [-0.25, -0.2) is 8.42 Å². The molecule has 29 heavy (non-hydrogen) atoms. The smallest absolute Gasteiger partial charge is 0.261 e. The van der Waals surface area contributed by atoms with Crippen LogP contribution in [0.4, 0.5) is 11.4 Å². The predicted molar refractivity (Wildman–Crippen MR) is 117 cm³/mol. The minimum atomic E-state index is -3.77. The topological polar surface area (TPSA) is 75.3 Å². The molecule has 7 heteroatoms. The maximum atomic E-state index is 12.8. The lowest BCUT2D eigenvalue weighted by Gasteiger charge is -2.14. The molecule has 5 nitrogen and oxygen atoms in total. The summed E-state index contributed by atoms with van der Waals surface area (Å²) in [6.07, 6.45) is 0. The summed E-state index contributed by atoms with van der Waals surface area (Å²) in [4.78, 5) is 13.0. The average molecular weight is 429 g/mol. The van der Waals surface area contributed by atoms with Crippen LogP contribution in [0.15, 0.2) is 65.6 Å². The second-order valence-corrected chi connectivity index (χ2v) is 8.93. The lowest BCUT2D eigenvalue weighted by Crippen LogP contribution is -2.16. The number of rotatable bonds is 5. The van der Waals surface area contributed by atoms with Crippen molar-refractivity contribution < 1.29 is 13.2 Å². The molecule has 0 unspecified atom stereocenters. The van der Waals surface area contributed by atoms with Crippen molar-refractivity contribution >= 4 is 38.9 Å². The number of aryl methyl sites for hydroxylation is 3. The molecule has 0 fully saturated rings. The summed E-state index contributed by atoms with van der Waals surface area (Å²) in [7, 11) is -3.77. The highest BCUT2D eigenvalue weighted by Gasteiger charge is 2.17. The van der Waals surface area contributed by atoms with Crippen LogP contribution in [0.2, 0.25) is 5.02 Å². The van der Waals surface area contributed by atoms with Crippen molar-refractivity contribution in [2.45, 2.75) is 25.7 Å². The van der Waals surface area contributed by atoms with Crippen molar-refractivity contribution in [2.75, 3.05) is 10.0 Å². The second kappa shape index (κ2) is 8.27. The normalized spacial score (nSPS) is 11.2. The summed E-state index contributed by atoms with van der Waals surface area (Å²) in [6.45, 7) is 5.83. The lowest BCUT2D eigenvalue weighted by molar-refractivity contribution is 0.102. The van der Waals surface area contributed by atoms with Crippen molar-refractivity contribution in [2.24, 2.45) is 0 Å². The Morgan fingerprint density at radius 3 is 2.14 bits per heavy atom. The van der Waals surface area contributed by atoms with E-state index in [4.69, 9.17) is 11.6 Å². The van der Waals surface area contributed by atoms with E-state index in [9.17, 15) is 13.2 Å². The number of amides is 1. The van der Waals surface area contributed by atoms with Crippen molar-refractivity contribution in [1.82, 2.24) is 0 Å². The van der Waals surface area contributed by atoms with Gasteiger partial charge in [-0.2, -0.15) is 0 Å². The molecule has 0 radical (unpaired) electrons. The summed E-state index contributed by atoms with van der Waals surface area (Å²) >= 11 is 6.21. The van der Waals surface area contributed by atoms with E-state index in [0.717, 1.165) is 16.7 Å². The van der Waals surface area contributed by atoms with Gasteiger partial charge in [-0.05, 0) is 62.2 Å². The molecule has 150 valence electrons. The zero-order valence-electron chi connectivity index (χ0n) is 16.3. The van der Waals surface area contributed by atoms with Crippen LogP contribution in [0.3, 0.4) is 0 Å². The number of benzene rings is 3. The van der Waals surface area contributed by atoms with Gasteiger partial charge in [-0.3, -0.25) is 9.52 Å². The summed E-state index contributed by atoms with van der Waals surface area (Å²) in [6, 6.07) is 16.4. The molecule has 0 saturated heterocycles. The quantitative estimate of drug-likeness (QED) is 0.577. The van der Waals surface area contributed by atoms with Crippen LogP contribution in [0.25, 0.3) is 0 Å². The number of nitrogens with one attached hydrogen (secondary N) is 2. The first-order valence-corrected chi connectivity index (χ1v) is 10.8. The highest BCUT2D eigenvalue weighted by Crippen LogP contribution is 2.26. The van der Waals surface area contributed by atoms with Crippen LogP contribution in [-0.4, -0.2) is 14.3 Å². The monoisotopic (exact) mass is 428 g/mol. The number of anilines is 2. The summed E-state index contributed by atoms with van der Waals surface area (Å²) in [5.74, 6) is -0.411. The fourth-order valence-electron chi connectivity index (χ4n) is 3.13. The molecule has 3 rings (SSSR count). The molecule has 0 saturated carbocycles. The highest BCUT2D eigenvalue weighted by molar-refractivity contribution is 7.92. The fourth-order valence-corrected chi connectivity index (χ4v) is 4.41. The molecule has 0 aliphatic heterocycles. The molecule has 0 aliphatic carbocycles. The van der Waals surface area contributed by atoms with Crippen molar-refractivity contribution in [1.29, 1.82) is 0 Å². The van der Waals surface area contributed by atoms with E-state index in [1.54, 1.807) is 18.2 Å². The van der Waals surface area contributed by atoms with Crippen LogP contribution in [0.5, 0.6) is 0 Å². The molecule has 0 heterocycles. The van der Waals surface area contributed by atoms with E-state index in [2.05, 4.69) is 10.0 Å². The van der Waals surface area contributed by atoms with E-state index >= 15 is 0 Å². The number of sulfonamides is 1. The van der Waals surface area contributed by atoms with Gasteiger partial charge in [0.05, 0.1) is 15.5 Å². The second-order valence-electron chi connectivity index (χ2n) is 6.84. The summed E-state index contributed by atoms with van der Waals surface area (Å²) < 4.78 is 27.6. The Labute approximate surface area is 175 Å². The first-order valence-electron chi connectivity index (χ1n) is 8.94. The maximum absolute atomic E-state index is 12.8. The zero-order valence-corrected chi connectivity index (χ0v) is 17.9. The molecule has 0 aromatic heterocycles. The largest absolute Gasteiger partial charge is 0.321 e. The van der Waals surface area contributed by atoms with Gasteiger partial charge in [0, 0.05) is 11.4 Å². The Morgan fingerprint density at radius 1 is 0.897 bits per heavy atom. The Balaban J connectivity index is 1.89. The van der Waals surface area contributed by atoms with Gasteiger partial charge in [0.15, 0.2) is 0 Å². The number of hydrogen-bond donors (Lipinski definition) is 2. The Hall–Kier alpha value is -2.83. The van der Waals surface area contributed by atoms with E-state index < -0.39 is 15.9 Å². The van der Waals surface area contributed by atoms with Crippen LogP contribution in [-0.2, 0) is 10.0 Å². The van der Waals surface area contributed by atoms with Gasteiger partial charge in [0.2, 0.25) is 0 Å². The Bertz CT molecular complexity index is 1150. The molecule has 1 amide bonds. The third kappa shape index (κ3) is 4.78. The maximum Gasteiger partial charge on any atom is 0.261 e. The van der Waals surface area contributed by atoms with Crippen LogP contribution >= 0.6 is 11.6 Å². The lowest BCUT2D eigenvalue weighted by atomic mass is 10.0. The third-order valence-electron chi connectivity index (χ3n) is 4.43. The minimum absolute atomic E-state index is 0.131. The van der Waals surface area contributed by atoms with Gasteiger partial charge >= 0.3 is 0 Å². The van der Waals surface area contributed by atoms with Crippen LogP contribution in [0, 0.1) is 20.8 Å². The third-order valence-corrected chi connectivity index (χ3v) is 6.16. The molecule has 3 aromatic rings. The molecule has 3 aromatic carbocycles. The summed E-state index contributed by atoms with van der Waals surface area (Å²) in [5.41, 5.74) is 4.13. The van der Waals surface area contributed by atoms with Crippen LogP contribution < -0.4 is 10.0 Å². The molecule has 0 spiro atoms. The molecular formula is C22H21ClN2O3S. The van der Waals surface area contributed by atoms with E-state index in [1.165, 1.54) is 30.3 Å². The zero-order chi connectivity index (χ0) is 21.2. The van der Waals surface area contributed by atoms with Crippen molar-refractivity contribution in [3.05, 3.63) is 87.9 Å². The average Bonchev–Trinajstić information content (AvgIpc) is 2.66. The first-order chi connectivity index (χ1) is 13.7. The van der Waals surface area contributed by atoms with E-state index in [-0.39, 0.29) is 21.2 Å². The van der Waals surface area contributed by atoms with Gasteiger partial charge in [0.1, 0.15) is 0 Å². The SMILES string of the molecule is Cc1cc(C)c(NC(=O)c2cc(NS(=O)(=O)c3ccccc3)ccc2Cl)c(C)c1. The molecule has 2 N–H and O–H groups in total. The van der Waals surface area contributed by atoms with E-state index in [0.29, 0.717) is 5.69 Å². The first kappa shape index (κ1) is 20.9.